The summed E-state index contributed by atoms with van der Waals surface area (Å²) in [5, 5.41) is 21.2. The number of ether oxygens (including phenoxy) is 2. The van der Waals surface area contributed by atoms with E-state index in [0.29, 0.717) is 17.5 Å². The highest BCUT2D eigenvalue weighted by molar-refractivity contribution is 5.66. The van der Waals surface area contributed by atoms with Crippen molar-refractivity contribution in [2.45, 2.75) is 166 Å². The number of rotatable bonds is 25. The Morgan fingerprint density at radius 2 is 0.679 bits per heavy atom. The van der Waals surface area contributed by atoms with Crippen LogP contribution in [0.25, 0.3) is 0 Å². The van der Waals surface area contributed by atoms with Crippen molar-refractivity contribution < 1.29 is 19.7 Å². The molecule has 4 heteroatoms. The lowest BCUT2D eigenvalue weighted by molar-refractivity contribution is 0.314. The number of hydrogen-bond donors (Lipinski definition) is 2. The molecule has 0 saturated carbocycles. The maximum absolute atomic E-state index is 10.7. The predicted molar refractivity (Wildman–Crippen MR) is 232 cm³/mol. The Hall–Kier alpha value is -3.66. The van der Waals surface area contributed by atoms with Gasteiger partial charge in [0, 0.05) is 11.1 Å². The van der Waals surface area contributed by atoms with Crippen LogP contribution in [0, 0.1) is 6.92 Å². The minimum absolute atomic E-state index is 0.00661. The summed E-state index contributed by atoms with van der Waals surface area (Å²) in [5.74, 6) is 0.357. The SMILES string of the molecule is COc1c(O)c(C)c(C/C=C(\C)CC/C=C(\C)CC/C=C(/C)CC/C=C(\C)CC/C=C(/C)CC/C=C(/C)CC/C=C(/C)CCC=C(C)C)c(O)c1OC. The van der Waals surface area contributed by atoms with Crippen LogP contribution in [-0.4, -0.2) is 24.4 Å². The van der Waals surface area contributed by atoms with E-state index in [9.17, 15) is 10.2 Å². The Labute approximate surface area is 325 Å². The van der Waals surface area contributed by atoms with E-state index in [4.69, 9.17) is 9.47 Å². The molecular weight excluding hydrogens is 653 g/mol. The fourth-order valence-corrected chi connectivity index (χ4v) is 6.33. The molecule has 0 bridgehead atoms. The lowest BCUT2D eigenvalue weighted by atomic mass is 9.99. The first-order valence-electron chi connectivity index (χ1n) is 20.1. The molecule has 0 aliphatic heterocycles. The van der Waals surface area contributed by atoms with Gasteiger partial charge in [-0.15, -0.1) is 0 Å². The fraction of sp³-hybridized carbons (Fsp3) is 0.551. The first-order valence-corrected chi connectivity index (χ1v) is 20.1. The van der Waals surface area contributed by atoms with E-state index in [2.05, 4.69) is 111 Å². The number of allylic oxidation sites excluding steroid dienone is 16. The van der Waals surface area contributed by atoms with Gasteiger partial charge in [0.05, 0.1) is 14.2 Å². The lowest BCUT2D eigenvalue weighted by Crippen LogP contribution is -1.98. The van der Waals surface area contributed by atoms with Gasteiger partial charge in [-0.25, -0.2) is 0 Å². The highest BCUT2D eigenvalue weighted by Gasteiger charge is 2.22. The van der Waals surface area contributed by atoms with Crippen molar-refractivity contribution in [1.29, 1.82) is 0 Å². The molecule has 0 atom stereocenters. The second-order valence-corrected chi connectivity index (χ2v) is 15.5. The number of benzene rings is 1. The number of phenolic OH excluding ortho intramolecular Hbond substituents is 2. The fourth-order valence-electron chi connectivity index (χ4n) is 6.33. The van der Waals surface area contributed by atoms with Crippen molar-refractivity contribution in [3.63, 3.8) is 0 Å². The highest BCUT2D eigenvalue weighted by Crippen LogP contribution is 2.48. The van der Waals surface area contributed by atoms with Gasteiger partial charge in [0.2, 0.25) is 11.5 Å². The molecule has 0 amide bonds. The van der Waals surface area contributed by atoms with Crippen LogP contribution in [-0.2, 0) is 6.42 Å². The van der Waals surface area contributed by atoms with E-state index < -0.39 is 0 Å². The molecule has 1 aromatic carbocycles. The molecule has 2 N–H and O–H groups in total. The van der Waals surface area contributed by atoms with E-state index in [1.165, 1.54) is 71.6 Å². The van der Waals surface area contributed by atoms with Gasteiger partial charge < -0.3 is 19.7 Å². The van der Waals surface area contributed by atoms with Crippen LogP contribution in [0.4, 0.5) is 0 Å². The van der Waals surface area contributed by atoms with Crippen molar-refractivity contribution >= 4 is 0 Å². The molecule has 0 saturated heterocycles. The summed E-state index contributed by atoms with van der Waals surface area (Å²) in [6, 6.07) is 0. The second kappa shape index (κ2) is 27.0. The third-order valence-electron chi connectivity index (χ3n) is 10.1. The van der Waals surface area contributed by atoms with Crippen molar-refractivity contribution in [3.8, 4) is 23.0 Å². The van der Waals surface area contributed by atoms with Gasteiger partial charge in [-0.1, -0.05) is 93.2 Å². The summed E-state index contributed by atoms with van der Waals surface area (Å²) in [5.41, 5.74) is 12.9. The molecule has 1 rings (SSSR count). The van der Waals surface area contributed by atoms with Crippen LogP contribution >= 0.6 is 0 Å². The van der Waals surface area contributed by atoms with Gasteiger partial charge in [0.1, 0.15) is 0 Å². The summed E-state index contributed by atoms with van der Waals surface area (Å²) < 4.78 is 10.5. The van der Waals surface area contributed by atoms with Gasteiger partial charge in [-0.2, -0.15) is 0 Å². The second-order valence-electron chi connectivity index (χ2n) is 15.5. The lowest BCUT2D eigenvalue weighted by Gasteiger charge is -2.17. The topological polar surface area (TPSA) is 58.9 Å². The third-order valence-corrected chi connectivity index (χ3v) is 10.1. The van der Waals surface area contributed by atoms with E-state index in [-0.39, 0.29) is 23.0 Å². The normalized spacial score (nSPS) is 13.8. The molecule has 0 aliphatic carbocycles. The minimum Gasteiger partial charge on any atom is -0.504 e. The van der Waals surface area contributed by atoms with Gasteiger partial charge >= 0.3 is 0 Å². The van der Waals surface area contributed by atoms with E-state index >= 15 is 0 Å². The zero-order valence-corrected chi connectivity index (χ0v) is 35.9. The Kier molecular flexibility index (Phi) is 24.1. The van der Waals surface area contributed by atoms with Crippen molar-refractivity contribution in [2.24, 2.45) is 0 Å². The van der Waals surface area contributed by atoms with Crippen LogP contribution in [0.15, 0.2) is 93.2 Å². The monoisotopic (exact) mass is 729 g/mol. The average Bonchev–Trinajstić information content (AvgIpc) is 3.09. The largest absolute Gasteiger partial charge is 0.504 e. The van der Waals surface area contributed by atoms with Crippen LogP contribution in [0.1, 0.15) is 163 Å². The zero-order valence-electron chi connectivity index (χ0n) is 35.9. The van der Waals surface area contributed by atoms with Crippen LogP contribution in [0.2, 0.25) is 0 Å². The van der Waals surface area contributed by atoms with E-state index in [1.807, 2.05) is 0 Å². The average molecular weight is 729 g/mol. The Morgan fingerprint density at radius 1 is 0.415 bits per heavy atom. The summed E-state index contributed by atoms with van der Waals surface area (Å²) in [6.07, 6.45) is 35.1. The summed E-state index contributed by atoms with van der Waals surface area (Å²) >= 11 is 0. The van der Waals surface area contributed by atoms with Crippen LogP contribution < -0.4 is 9.47 Å². The van der Waals surface area contributed by atoms with Crippen LogP contribution in [0.3, 0.4) is 0 Å². The molecule has 1 aromatic rings. The Balaban J connectivity index is 2.36. The Bertz CT molecular complexity index is 1520. The zero-order chi connectivity index (χ0) is 39.8. The van der Waals surface area contributed by atoms with E-state index in [0.717, 1.165) is 77.0 Å². The number of hydrogen-bond acceptors (Lipinski definition) is 4. The molecule has 53 heavy (non-hydrogen) atoms. The first-order chi connectivity index (χ1) is 25.2. The molecule has 0 spiro atoms. The molecule has 0 fully saturated rings. The molecule has 0 heterocycles. The third kappa shape index (κ3) is 20.4. The Morgan fingerprint density at radius 3 is 0.962 bits per heavy atom. The molecule has 0 aromatic heterocycles. The minimum atomic E-state index is 0.00661. The quantitative estimate of drug-likeness (QED) is 0.0777. The van der Waals surface area contributed by atoms with Gasteiger partial charge in [-0.05, 0) is 166 Å². The standard InChI is InChI=1S/C49H76O4/c1-36(2)20-13-21-37(3)22-14-23-38(4)24-15-25-39(5)26-16-27-40(6)28-17-29-41(7)30-18-31-42(8)32-19-33-43(9)34-35-45-44(10)46(50)48(52-11)49(53-12)47(45)51/h20,22,24,26,28,30,32,34,50-51H,13-19,21,23,25,27,29,31,33,35H2,1-12H3/b37-22-,38-24-,39-26-,40-28+,41-30-,42-32+,43-34+. The number of aromatic hydroxyl groups is 2. The highest BCUT2D eigenvalue weighted by atomic mass is 16.5. The van der Waals surface area contributed by atoms with Crippen molar-refractivity contribution in [3.05, 3.63) is 104 Å². The molecule has 296 valence electrons. The van der Waals surface area contributed by atoms with Crippen molar-refractivity contribution in [2.75, 3.05) is 14.2 Å². The molecule has 0 aliphatic rings. The van der Waals surface area contributed by atoms with Gasteiger partial charge in [0.15, 0.2) is 11.5 Å². The summed E-state index contributed by atoms with van der Waals surface area (Å²) in [6.45, 7) is 21.9. The van der Waals surface area contributed by atoms with Gasteiger partial charge in [0.25, 0.3) is 0 Å². The molecular formula is C49H76O4. The van der Waals surface area contributed by atoms with Crippen molar-refractivity contribution in [1.82, 2.24) is 0 Å². The summed E-state index contributed by atoms with van der Waals surface area (Å²) in [4.78, 5) is 0. The van der Waals surface area contributed by atoms with Gasteiger partial charge in [-0.3, -0.25) is 0 Å². The first kappa shape index (κ1) is 47.4. The maximum atomic E-state index is 10.7. The number of phenols is 2. The number of methoxy groups -OCH3 is 2. The van der Waals surface area contributed by atoms with Crippen LogP contribution in [0.5, 0.6) is 23.0 Å². The summed E-state index contributed by atoms with van der Waals surface area (Å²) in [7, 11) is 2.91. The predicted octanol–water partition coefficient (Wildman–Crippen LogP) is 15.0. The molecule has 0 unspecified atom stereocenters. The van der Waals surface area contributed by atoms with E-state index in [1.54, 1.807) is 6.92 Å². The maximum Gasteiger partial charge on any atom is 0.207 e. The molecule has 0 radical (unpaired) electrons. The smallest absolute Gasteiger partial charge is 0.207 e. The molecule has 4 nitrogen and oxygen atoms in total.